The van der Waals surface area contributed by atoms with Crippen molar-refractivity contribution in [3.05, 3.63) is 18.0 Å². The molecule has 0 aliphatic carbocycles. The van der Waals surface area contributed by atoms with Crippen molar-refractivity contribution < 1.29 is 4.74 Å². The third kappa shape index (κ3) is 6.78. The Hall–Kier alpha value is -0.950. The van der Waals surface area contributed by atoms with E-state index < -0.39 is 0 Å². The van der Waals surface area contributed by atoms with E-state index in [9.17, 15) is 0 Å². The van der Waals surface area contributed by atoms with Crippen LogP contribution in [0, 0.1) is 5.92 Å². The van der Waals surface area contributed by atoms with Crippen LogP contribution >= 0.6 is 0 Å². The lowest BCUT2D eigenvalue weighted by molar-refractivity contribution is 0.0964. The van der Waals surface area contributed by atoms with Gasteiger partial charge in [0.2, 0.25) is 0 Å². The fraction of sp³-hybridized carbons (Fsp3) is 0.870. The van der Waals surface area contributed by atoms with Gasteiger partial charge in [0.15, 0.2) is 0 Å². The second-order valence-corrected chi connectivity index (χ2v) is 9.32. The Balaban J connectivity index is 1.58. The zero-order valence-electron chi connectivity index (χ0n) is 19.2. The summed E-state index contributed by atoms with van der Waals surface area (Å²) < 4.78 is 7.35. The first kappa shape index (κ1) is 22.7. The molecule has 0 N–H and O–H groups in total. The molecule has 166 valence electrons. The molecule has 0 spiro atoms. The summed E-state index contributed by atoms with van der Waals surface area (Å²) in [5.41, 5.74) is 1.36. The van der Waals surface area contributed by atoms with Crippen LogP contribution < -0.4 is 0 Å². The summed E-state index contributed by atoms with van der Waals surface area (Å²) in [6.07, 6.45) is 9.66. The molecule has 3 rings (SSSR count). The molecule has 1 aromatic heterocycles. The molecule has 3 heterocycles. The number of aromatic nitrogens is 2. The normalized spacial score (nSPS) is 22.3. The molecule has 1 unspecified atom stereocenters. The molecule has 2 aliphatic heterocycles. The van der Waals surface area contributed by atoms with Crippen LogP contribution in [0.15, 0.2) is 12.4 Å². The highest BCUT2D eigenvalue weighted by atomic mass is 16.5. The number of hydrogen-bond donors (Lipinski definition) is 0. The fourth-order valence-corrected chi connectivity index (χ4v) is 5.00. The van der Waals surface area contributed by atoms with Crippen LogP contribution in [0.2, 0.25) is 0 Å². The lowest BCUT2D eigenvalue weighted by Gasteiger charge is -2.36. The predicted octanol–water partition coefficient (Wildman–Crippen LogP) is 3.11. The van der Waals surface area contributed by atoms with Crippen LogP contribution in [0.5, 0.6) is 0 Å². The van der Waals surface area contributed by atoms with E-state index in [0.717, 1.165) is 31.7 Å². The average molecular weight is 406 g/mol. The van der Waals surface area contributed by atoms with E-state index in [1.807, 2.05) is 0 Å². The third-order valence-corrected chi connectivity index (χ3v) is 6.80. The standard InChI is InChI=1S/C23H43N5O/c1-5-27-10-6-7-23(27)19-26(17-22-15-24-28(18-22)20(2)3)16-21-8-11-25(12-9-21)13-14-29-4/h15,18,20-21,23H,5-14,16-17,19H2,1-4H3. The van der Waals surface area contributed by atoms with Crippen molar-refractivity contribution >= 4 is 0 Å². The summed E-state index contributed by atoms with van der Waals surface area (Å²) in [6, 6.07) is 1.15. The Bertz CT molecular complexity index is 582. The zero-order chi connectivity index (χ0) is 20.6. The van der Waals surface area contributed by atoms with Crippen LogP contribution in [0.4, 0.5) is 0 Å². The van der Waals surface area contributed by atoms with Gasteiger partial charge in [-0.2, -0.15) is 5.10 Å². The summed E-state index contributed by atoms with van der Waals surface area (Å²) in [7, 11) is 1.80. The van der Waals surface area contributed by atoms with Gasteiger partial charge in [0.25, 0.3) is 0 Å². The van der Waals surface area contributed by atoms with Crippen molar-refractivity contribution in [3.8, 4) is 0 Å². The fourth-order valence-electron chi connectivity index (χ4n) is 5.00. The number of hydrogen-bond acceptors (Lipinski definition) is 5. The van der Waals surface area contributed by atoms with E-state index in [1.165, 1.54) is 70.5 Å². The maximum atomic E-state index is 5.25. The summed E-state index contributed by atoms with van der Waals surface area (Å²) in [5, 5.41) is 4.58. The van der Waals surface area contributed by atoms with E-state index in [1.54, 1.807) is 7.11 Å². The minimum Gasteiger partial charge on any atom is -0.383 e. The summed E-state index contributed by atoms with van der Waals surface area (Å²) in [5.74, 6) is 0.811. The second kappa shape index (κ2) is 11.4. The summed E-state index contributed by atoms with van der Waals surface area (Å²) >= 11 is 0. The van der Waals surface area contributed by atoms with Gasteiger partial charge in [0, 0.05) is 57.1 Å². The second-order valence-electron chi connectivity index (χ2n) is 9.32. The van der Waals surface area contributed by atoms with Crippen LogP contribution in [0.25, 0.3) is 0 Å². The van der Waals surface area contributed by atoms with E-state index in [0.29, 0.717) is 6.04 Å². The smallest absolute Gasteiger partial charge is 0.0589 e. The predicted molar refractivity (Wildman–Crippen MR) is 119 cm³/mol. The Kier molecular flexibility index (Phi) is 8.97. The van der Waals surface area contributed by atoms with Crippen molar-refractivity contribution in [3.63, 3.8) is 0 Å². The van der Waals surface area contributed by atoms with Crippen LogP contribution in [-0.2, 0) is 11.3 Å². The van der Waals surface area contributed by atoms with Gasteiger partial charge >= 0.3 is 0 Å². The highest BCUT2D eigenvalue weighted by molar-refractivity contribution is 5.04. The molecule has 0 saturated carbocycles. The van der Waals surface area contributed by atoms with Gasteiger partial charge in [-0.15, -0.1) is 0 Å². The number of rotatable bonds is 11. The Morgan fingerprint density at radius 2 is 1.97 bits per heavy atom. The molecular weight excluding hydrogens is 362 g/mol. The molecule has 0 radical (unpaired) electrons. The van der Waals surface area contributed by atoms with Crippen LogP contribution in [0.1, 0.15) is 58.1 Å². The molecule has 0 aromatic carbocycles. The minimum absolute atomic E-state index is 0.430. The number of methoxy groups -OCH3 is 1. The van der Waals surface area contributed by atoms with Gasteiger partial charge in [0.05, 0.1) is 12.8 Å². The zero-order valence-corrected chi connectivity index (χ0v) is 19.2. The molecule has 1 aromatic rings. The number of ether oxygens (including phenoxy) is 1. The van der Waals surface area contributed by atoms with Crippen molar-refractivity contribution in [2.45, 2.75) is 65.1 Å². The molecular formula is C23H43N5O. The van der Waals surface area contributed by atoms with Gasteiger partial charge in [-0.25, -0.2) is 0 Å². The molecule has 2 saturated heterocycles. The van der Waals surface area contributed by atoms with E-state index in [-0.39, 0.29) is 0 Å². The highest BCUT2D eigenvalue weighted by Crippen LogP contribution is 2.23. The van der Waals surface area contributed by atoms with Crippen molar-refractivity contribution in [2.75, 3.05) is 59.5 Å². The monoisotopic (exact) mass is 405 g/mol. The Labute approximate surface area is 178 Å². The first-order valence-corrected chi connectivity index (χ1v) is 11.8. The molecule has 1 atom stereocenters. The van der Waals surface area contributed by atoms with Crippen molar-refractivity contribution in [2.24, 2.45) is 5.92 Å². The van der Waals surface area contributed by atoms with Crippen molar-refractivity contribution in [1.82, 2.24) is 24.5 Å². The first-order valence-electron chi connectivity index (χ1n) is 11.8. The van der Waals surface area contributed by atoms with Gasteiger partial charge in [0.1, 0.15) is 0 Å². The molecule has 6 nitrogen and oxygen atoms in total. The molecule has 6 heteroatoms. The molecule has 29 heavy (non-hydrogen) atoms. The minimum atomic E-state index is 0.430. The molecule has 0 amide bonds. The largest absolute Gasteiger partial charge is 0.383 e. The molecule has 0 bridgehead atoms. The van der Waals surface area contributed by atoms with Gasteiger partial charge < -0.3 is 9.64 Å². The average Bonchev–Trinajstić information content (AvgIpc) is 3.36. The van der Waals surface area contributed by atoms with Crippen LogP contribution in [0.3, 0.4) is 0 Å². The highest BCUT2D eigenvalue weighted by Gasteiger charge is 2.27. The SMILES string of the molecule is CCN1CCCC1CN(Cc1cnn(C(C)C)c1)CC1CCN(CCOC)CC1. The first-order chi connectivity index (χ1) is 14.1. The maximum absolute atomic E-state index is 5.25. The molecule has 2 fully saturated rings. The third-order valence-electron chi connectivity index (χ3n) is 6.80. The number of likely N-dealkylation sites (N-methyl/N-ethyl adjacent to an activating group) is 1. The summed E-state index contributed by atoms with van der Waals surface area (Å²) in [4.78, 5) is 7.97. The number of nitrogens with zero attached hydrogens (tertiary/aromatic N) is 5. The lowest BCUT2D eigenvalue weighted by Crippen LogP contribution is -2.44. The molecule has 2 aliphatic rings. The van der Waals surface area contributed by atoms with E-state index >= 15 is 0 Å². The van der Waals surface area contributed by atoms with E-state index in [4.69, 9.17) is 4.74 Å². The van der Waals surface area contributed by atoms with Gasteiger partial charge in [-0.1, -0.05) is 6.92 Å². The summed E-state index contributed by atoms with van der Waals surface area (Å²) in [6.45, 7) is 17.0. The van der Waals surface area contributed by atoms with Gasteiger partial charge in [-0.05, 0) is 71.6 Å². The van der Waals surface area contributed by atoms with E-state index in [2.05, 4.69) is 57.6 Å². The van der Waals surface area contributed by atoms with Crippen LogP contribution in [-0.4, -0.2) is 90.1 Å². The Morgan fingerprint density at radius 1 is 1.17 bits per heavy atom. The maximum Gasteiger partial charge on any atom is 0.0589 e. The Morgan fingerprint density at radius 3 is 2.62 bits per heavy atom. The quantitative estimate of drug-likeness (QED) is 0.565. The van der Waals surface area contributed by atoms with Gasteiger partial charge in [-0.3, -0.25) is 14.5 Å². The van der Waals surface area contributed by atoms with Crippen molar-refractivity contribution in [1.29, 1.82) is 0 Å². The number of likely N-dealkylation sites (tertiary alicyclic amines) is 2. The lowest BCUT2D eigenvalue weighted by atomic mass is 9.95. The number of piperidine rings is 1. The topological polar surface area (TPSA) is 36.8 Å².